The summed E-state index contributed by atoms with van der Waals surface area (Å²) in [5.74, 6) is -2.97. The molecular weight excluding hydrogens is 236 g/mol. The summed E-state index contributed by atoms with van der Waals surface area (Å²) in [6, 6.07) is 0. The largest absolute Gasteiger partial charge is 0.378 e. The zero-order valence-electron chi connectivity index (χ0n) is 8.66. The fourth-order valence-electron chi connectivity index (χ4n) is 1.44. The number of rotatable bonds is 3. The summed E-state index contributed by atoms with van der Waals surface area (Å²) in [5, 5.41) is 0.617. The summed E-state index contributed by atoms with van der Waals surface area (Å²) in [6.07, 6.45) is 1.21. The molecule has 1 saturated heterocycles. The van der Waals surface area contributed by atoms with Gasteiger partial charge < -0.3 is 15.4 Å². The van der Waals surface area contributed by atoms with Gasteiger partial charge in [0.2, 0.25) is 0 Å². The van der Waals surface area contributed by atoms with Crippen molar-refractivity contribution in [2.24, 2.45) is 5.73 Å². The van der Waals surface area contributed by atoms with E-state index in [9.17, 15) is 8.78 Å². The number of alkyl halides is 2. The van der Waals surface area contributed by atoms with Crippen LogP contribution in [-0.2, 0) is 10.7 Å². The average molecular weight is 249 g/mol. The summed E-state index contributed by atoms with van der Waals surface area (Å²) >= 11 is 1.00. The molecule has 2 heterocycles. The Morgan fingerprint density at radius 2 is 2.19 bits per heavy atom. The van der Waals surface area contributed by atoms with E-state index in [-0.39, 0.29) is 4.88 Å². The van der Waals surface area contributed by atoms with E-state index in [1.54, 1.807) is 0 Å². The van der Waals surface area contributed by atoms with Gasteiger partial charge in [0, 0.05) is 19.3 Å². The molecule has 4 nitrogen and oxygen atoms in total. The van der Waals surface area contributed by atoms with E-state index >= 15 is 0 Å². The summed E-state index contributed by atoms with van der Waals surface area (Å²) in [5.41, 5.74) is 5.02. The van der Waals surface area contributed by atoms with E-state index < -0.39 is 12.5 Å². The third-order valence-corrected chi connectivity index (χ3v) is 3.56. The minimum absolute atomic E-state index is 0.0727. The van der Waals surface area contributed by atoms with Gasteiger partial charge in [-0.15, -0.1) is 0 Å². The Labute approximate surface area is 96.0 Å². The number of ether oxygens (including phenoxy) is 1. The van der Waals surface area contributed by atoms with Gasteiger partial charge in [-0.25, -0.2) is 4.98 Å². The van der Waals surface area contributed by atoms with Crippen molar-refractivity contribution >= 4 is 16.5 Å². The molecule has 1 fully saturated rings. The number of anilines is 1. The highest BCUT2D eigenvalue weighted by atomic mass is 32.1. The van der Waals surface area contributed by atoms with Crippen LogP contribution >= 0.6 is 11.3 Å². The lowest BCUT2D eigenvalue weighted by Crippen LogP contribution is -2.36. The molecule has 1 aliphatic rings. The number of hydrogen-bond donors (Lipinski definition) is 1. The lowest BCUT2D eigenvalue weighted by molar-refractivity contribution is 0.00968. The lowest BCUT2D eigenvalue weighted by atomic mass is 10.3. The fraction of sp³-hybridized carbons (Fsp3) is 0.667. The Morgan fingerprint density at radius 1 is 1.50 bits per heavy atom. The summed E-state index contributed by atoms with van der Waals surface area (Å²) in [7, 11) is 0. The van der Waals surface area contributed by atoms with E-state index in [0.717, 1.165) is 11.3 Å². The third-order valence-electron chi connectivity index (χ3n) is 2.39. The van der Waals surface area contributed by atoms with Crippen LogP contribution < -0.4 is 10.6 Å². The van der Waals surface area contributed by atoms with Crippen LogP contribution in [0.3, 0.4) is 0 Å². The maximum Gasteiger partial charge on any atom is 0.295 e. The standard InChI is InChI=1S/C9H13F2N3OS/c10-9(11,6-12)7-5-13-8(16-7)14-1-3-15-4-2-14/h5H,1-4,6,12H2. The van der Waals surface area contributed by atoms with Gasteiger partial charge in [-0.2, -0.15) is 8.78 Å². The van der Waals surface area contributed by atoms with Gasteiger partial charge >= 0.3 is 0 Å². The Kier molecular flexibility index (Phi) is 3.36. The quantitative estimate of drug-likeness (QED) is 0.869. The van der Waals surface area contributed by atoms with E-state index in [0.29, 0.717) is 31.4 Å². The first kappa shape index (κ1) is 11.7. The van der Waals surface area contributed by atoms with Gasteiger partial charge in [0.05, 0.1) is 24.6 Å². The molecule has 90 valence electrons. The van der Waals surface area contributed by atoms with E-state index in [2.05, 4.69) is 4.98 Å². The number of nitrogens with zero attached hydrogens (tertiary/aromatic N) is 2. The smallest absolute Gasteiger partial charge is 0.295 e. The SMILES string of the molecule is NCC(F)(F)c1cnc(N2CCOCC2)s1. The highest BCUT2D eigenvalue weighted by Gasteiger charge is 2.32. The first-order valence-electron chi connectivity index (χ1n) is 5.00. The minimum atomic E-state index is -2.97. The monoisotopic (exact) mass is 249 g/mol. The Balaban J connectivity index is 2.12. The van der Waals surface area contributed by atoms with Crippen LogP contribution in [0.4, 0.5) is 13.9 Å². The highest BCUT2D eigenvalue weighted by molar-refractivity contribution is 7.15. The molecular formula is C9H13F2N3OS. The summed E-state index contributed by atoms with van der Waals surface area (Å²) < 4.78 is 31.7. The van der Waals surface area contributed by atoms with Gasteiger partial charge in [0.1, 0.15) is 0 Å². The molecule has 0 atom stereocenters. The van der Waals surface area contributed by atoms with Crippen LogP contribution in [0.5, 0.6) is 0 Å². The van der Waals surface area contributed by atoms with Crippen molar-refractivity contribution in [1.29, 1.82) is 0 Å². The molecule has 0 amide bonds. The molecule has 2 rings (SSSR count). The van der Waals surface area contributed by atoms with Crippen molar-refractivity contribution in [3.63, 3.8) is 0 Å². The normalized spacial score (nSPS) is 17.8. The van der Waals surface area contributed by atoms with Crippen LogP contribution in [0.2, 0.25) is 0 Å². The van der Waals surface area contributed by atoms with Crippen LogP contribution in [-0.4, -0.2) is 37.8 Å². The molecule has 1 aromatic rings. The van der Waals surface area contributed by atoms with Crippen LogP contribution in [0.15, 0.2) is 6.20 Å². The number of thiazole rings is 1. The van der Waals surface area contributed by atoms with Crippen molar-refractivity contribution in [3.8, 4) is 0 Å². The number of morpholine rings is 1. The Hall–Kier alpha value is -0.790. The average Bonchev–Trinajstić information content (AvgIpc) is 2.80. The van der Waals surface area contributed by atoms with Gasteiger partial charge in [0.15, 0.2) is 5.13 Å². The molecule has 0 spiro atoms. The molecule has 7 heteroatoms. The molecule has 2 N–H and O–H groups in total. The Morgan fingerprint density at radius 3 is 2.81 bits per heavy atom. The zero-order chi connectivity index (χ0) is 11.6. The topological polar surface area (TPSA) is 51.4 Å². The second-order valence-corrected chi connectivity index (χ2v) is 4.52. The highest BCUT2D eigenvalue weighted by Crippen LogP contribution is 2.34. The molecule has 16 heavy (non-hydrogen) atoms. The number of halogens is 2. The maximum absolute atomic E-state index is 13.3. The molecule has 0 aromatic carbocycles. The molecule has 0 saturated carbocycles. The third kappa shape index (κ3) is 2.31. The predicted octanol–water partition coefficient (Wildman–Crippen LogP) is 1.03. The Bertz CT molecular complexity index is 352. The van der Waals surface area contributed by atoms with Crippen molar-refractivity contribution < 1.29 is 13.5 Å². The van der Waals surface area contributed by atoms with Crippen molar-refractivity contribution in [2.45, 2.75) is 5.92 Å². The summed E-state index contributed by atoms with van der Waals surface area (Å²) in [4.78, 5) is 5.88. The lowest BCUT2D eigenvalue weighted by Gasteiger charge is -2.26. The maximum atomic E-state index is 13.3. The first-order valence-corrected chi connectivity index (χ1v) is 5.82. The van der Waals surface area contributed by atoms with Gasteiger partial charge in [0.25, 0.3) is 5.92 Å². The van der Waals surface area contributed by atoms with Crippen LogP contribution in [0, 0.1) is 0 Å². The second kappa shape index (κ2) is 4.60. The zero-order valence-corrected chi connectivity index (χ0v) is 9.47. The van der Waals surface area contributed by atoms with Crippen molar-refractivity contribution in [3.05, 3.63) is 11.1 Å². The van der Waals surface area contributed by atoms with E-state index in [4.69, 9.17) is 10.5 Å². The molecule has 0 radical (unpaired) electrons. The van der Waals surface area contributed by atoms with Crippen LogP contribution in [0.1, 0.15) is 4.88 Å². The summed E-state index contributed by atoms with van der Waals surface area (Å²) in [6.45, 7) is 1.93. The van der Waals surface area contributed by atoms with Crippen molar-refractivity contribution in [2.75, 3.05) is 37.7 Å². The molecule has 0 aliphatic carbocycles. The second-order valence-electron chi connectivity index (χ2n) is 3.52. The van der Waals surface area contributed by atoms with Gasteiger partial charge in [-0.1, -0.05) is 11.3 Å². The van der Waals surface area contributed by atoms with Crippen LogP contribution in [0.25, 0.3) is 0 Å². The van der Waals surface area contributed by atoms with Gasteiger partial charge in [-0.05, 0) is 0 Å². The first-order chi connectivity index (χ1) is 7.63. The number of hydrogen-bond acceptors (Lipinski definition) is 5. The number of nitrogens with two attached hydrogens (primary N) is 1. The minimum Gasteiger partial charge on any atom is -0.378 e. The van der Waals surface area contributed by atoms with E-state index in [1.165, 1.54) is 6.20 Å². The fourth-order valence-corrected chi connectivity index (χ4v) is 2.39. The molecule has 1 aromatic heterocycles. The number of aromatic nitrogens is 1. The molecule has 0 bridgehead atoms. The molecule has 1 aliphatic heterocycles. The van der Waals surface area contributed by atoms with Crippen molar-refractivity contribution in [1.82, 2.24) is 4.98 Å². The predicted molar refractivity (Wildman–Crippen MR) is 58.1 cm³/mol. The van der Waals surface area contributed by atoms with E-state index in [1.807, 2.05) is 4.90 Å². The van der Waals surface area contributed by atoms with Gasteiger partial charge in [-0.3, -0.25) is 0 Å². The molecule has 0 unspecified atom stereocenters.